The Labute approximate surface area is 233 Å². The number of hydrogen-bond acceptors (Lipinski definition) is 3. The van der Waals surface area contributed by atoms with Gasteiger partial charge in [-0.1, -0.05) is 73.8 Å². The van der Waals surface area contributed by atoms with E-state index in [4.69, 9.17) is 23.2 Å². The van der Waals surface area contributed by atoms with E-state index in [1.54, 1.807) is 21.9 Å². The molecule has 8 heteroatoms. The third-order valence-corrected chi connectivity index (χ3v) is 7.71. The molecule has 0 aromatic heterocycles. The van der Waals surface area contributed by atoms with Crippen LogP contribution in [-0.4, -0.2) is 41.8 Å². The van der Waals surface area contributed by atoms with E-state index >= 15 is 0 Å². The van der Waals surface area contributed by atoms with Crippen LogP contribution in [0.5, 0.6) is 0 Å². The van der Waals surface area contributed by atoms with E-state index in [0.29, 0.717) is 41.5 Å². The highest BCUT2D eigenvalue weighted by Crippen LogP contribution is 2.37. The van der Waals surface area contributed by atoms with Crippen molar-refractivity contribution in [1.29, 1.82) is 0 Å². The van der Waals surface area contributed by atoms with Crippen molar-refractivity contribution in [1.82, 2.24) is 10.2 Å². The molecule has 0 fully saturated rings. The SMILES string of the molecule is CCCCNC(=O)[C@H](CC)N(Cc1ccc(Cl)c(Cl)c1)C(=O)CCCN1C(=O)c2cccc3cccc1c23. The van der Waals surface area contributed by atoms with E-state index in [-0.39, 0.29) is 30.7 Å². The van der Waals surface area contributed by atoms with Crippen LogP contribution in [0.1, 0.15) is 61.9 Å². The van der Waals surface area contributed by atoms with Crippen LogP contribution in [0.25, 0.3) is 10.8 Å². The number of nitrogens with one attached hydrogen (secondary N) is 1. The summed E-state index contributed by atoms with van der Waals surface area (Å²) < 4.78 is 0. The van der Waals surface area contributed by atoms with Gasteiger partial charge in [-0.3, -0.25) is 14.4 Å². The summed E-state index contributed by atoms with van der Waals surface area (Å²) in [5.74, 6) is -0.346. The summed E-state index contributed by atoms with van der Waals surface area (Å²) in [5, 5.41) is 5.79. The molecule has 0 unspecified atom stereocenters. The van der Waals surface area contributed by atoms with Gasteiger partial charge in [0.05, 0.1) is 15.7 Å². The maximum atomic E-state index is 13.6. The third-order valence-electron chi connectivity index (χ3n) is 6.97. The Morgan fingerprint density at radius 1 is 1.00 bits per heavy atom. The molecule has 1 aliphatic rings. The van der Waals surface area contributed by atoms with Crippen LogP contribution in [0.2, 0.25) is 10.0 Å². The minimum atomic E-state index is -0.611. The zero-order chi connectivity index (χ0) is 27.2. The zero-order valence-electron chi connectivity index (χ0n) is 21.8. The molecule has 1 N–H and O–H groups in total. The Hall–Kier alpha value is -3.09. The van der Waals surface area contributed by atoms with E-state index in [1.165, 1.54) is 0 Å². The fourth-order valence-corrected chi connectivity index (χ4v) is 5.31. The average molecular weight is 555 g/mol. The van der Waals surface area contributed by atoms with Crippen LogP contribution in [0.15, 0.2) is 54.6 Å². The molecule has 200 valence electrons. The number of benzene rings is 3. The molecule has 0 saturated carbocycles. The predicted molar refractivity (Wildman–Crippen MR) is 154 cm³/mol. The van der Waals surface area contributed by atoms with Gasteiger partial charge in [0, 0.05) is 37.0 Å². The molecule has 1 heterocycles. The maximum absolute atomic E-state index is 13.6. The smallest absolute Gasteiger partial charge is 0.258 e. The molecule has 3 aromatic rings. The Morgan fingerprint density at radius 2 is 1.76 bits per heavy atom. The molecule has 4 rings (SSSR count). The molecule has 0 aliphatic carbocycles. The van der Waals surface area contributed by atoms with Crippen molar-refractivity contribution < 1.29 is 14.4 Å². The summed E-state index contributed by atoms with van der Waals surface area (Å²) in [6.45, 7) is 5.19. The number of amides is 3. The summed E-state index contributed by atoms with van der Waals surface area (Å²) in [5.41, 5.74) is 2.37. The van der Waals surface area contributed by atoms with Gasteiger partial charge in [-0.05, 0) is 54.5 Å². The second kappa shape index (κ2) is 12.6. The average Bonchev–Trinajstić information content (AvgIpc) is 3.18. The van der Waals surface area contributed by atoms with Crippen molar-refractivity contribution in [2.75, 3.05) is 18.0 Å². The molecule has 38 heavy (non-hydrogen) atoms. The van der Waals surface area contributed by atoms with Gasteiger partial charge in [-0.2, -0.15) is 0 Å². The zero-order valence-corrected chi connectivity index (χ0v) is 23.3. The normalized spacial score (nSPS) is 13.2. The lowest BCUT2D eigenvalue weighted by atomic mass is 10.1. The van der Waals surface area contributed by atoms with E-state index in [2.05, 4.69) is 12.2 Å². The van der Waals surface area contributed by atoms with E-state index in [9.17, 15) is 14.4 Å². The van der Waals surface area contributed by atoms with Crippen LogP contribution in [-0.2, 0) is 16.1 Å². The predicted octanol–water partition coefficient (Wildman–Crippen LogP) is 6.61. The first-order chi connectivity index (χ1) is 18.3. The Morgan fingerprint density at radius 3 is 2.47 bits per heavy atom. The first-order valence-electron chi connectivity index (χ1n) is 13.2. The molecule has 0 radical (unpaired) electrons. The third kappa shape index (κ3) is 5.97. The topological polar surface area (TPSA) is 69.7 Å². The van der Waals surface area contributed by atoms with Gasteiger partial charge in [0.25, 0.3) is 5.91 Å². The van der Waals surface area contributed by atoms with Gasteiger partial charge in [0.1, 0.15) is 6.04 Å². The second-order valence-electron chi connectivity index (χ2n) is 9.58. The van der Waals surface area contributed by atoms with Gasteiger partial charge in [0.2, 0.25) is 11.8 Å². The summed E-state index contributed by atoms with van der Waals surface area (Å²) in [6, 6.07) is 16.3. The quantitative estimate of drug-likeness (QED) is 0.256. The van der Waals surface area contributed by atoms with Gasteiger partial charge >= 0.3 is 0 Å². The summed E-state index contributed by atoms with van der Waals surface area (Å²) >= 11 is 12.3. The molecule has 1 atom stereocenters. The fourth-order valence-electron chi connectivity index (χ4n) is 4.99. The van der Waals surface area contributed by atoms with Crippen molar-refractivity contribution in [2.24, 2.45) is 0 Å². The van der Waals surface area contributed by atoms with Gasteiger partial charge in [-0.25, -0.2) is 0 Å². The first-order valence-corrected chi connectivity index (χ1v) is 14.0. The maximum Gasteiger partial charge on any atom is 0.258 e. The minimum absolute atomic E-state index is 0.0429. The molecule has 3 aromatic carbocycles. The molecular formula is C30H33Cl2N3O3. The number of halogens is 2. The van der Waals surface area contributed by atoms with E-state index < -0.39 is 6.04 Å². The van der Waals surface area contributed by atoms with Crippen LogP contribution < -0.4 is 10.2 Å². The number of carbonyl (C=O) groups is 3. The van der Waals surface area contributed by atoms with Crippen molar-refractivity contribution in [3.8, 4) is 0 Å². The Kier molecular flexibility index (Phi) is 9.29. The number of unbranched alkanes of at least 4 members (excludes halogenated alkanes) is 1. The fraction of sp³-hybridized carbons (Fsp3) is 0.367. The van der Waals surface area contributed by atoms with Crippen LogP contribution >= 0.6 is 23.2 Å². The molecular weight excluding hydrogens is 521 g/mol. The monoisotopic (exact) mass is 553 g/mol. The molecule has 0 bridgehead atoms. The van der Waals surface area contributed by atoms with E-state index in [0.717, 1.165) is 34.9 Å². The second-order valence-corrected chi connectivity index (χ2v) is 10.4. The van der Waals surface area contributed by atoms with E-state index in [1.807, 2.05) is 49.4 Å². The van der Waals surface area contributed by atoms with Crippen molar-refractivity contribution in [3.63, 3.8) is 0 Å². The van der Waals surface area contributed by atoms with Crippen molar-refractivity contribution >= 4 is 57.4 Å². The minimum Gasteiger partial charge on any atom is -0.354 e. The number of anilines is 1. The highest BCUT2D eigenvalue weighted by atomic mass is 35.5. The van der Waals surface area contributed by atoms with Crippen LogP contribution in [0, 0.1) is 0 Å². The highest BCUT2D eigenvalue weighted by Gasteiger charge is 2.31. The Balaban J connectivity index is 1.48. The molecule has 0 spiro atoms. The summed E-state index contributed by atoms with van der Waals surface area (Å²) in [6.07, 6.45) is 3.00. The molecule has 1 aliphatic heterocycles. The molecule has 0 saturated heterocycles. The van der Waals surface area contributed by atoms with Crippen molar-refractivity contribution in [3.05, 3.63) is 75.8 Å². The number of rotatable bonds is 12. The van der Waals surface area contributed by atoms with Crippen LogP contribution in [0.3, 0.4) is 0 Å². The summed E-state index contributed by atoms with van der Waals surface area (Å²) in [4.78, 5) is 43.1. The molecule has 6 nitrogen and oxygen atoms in total. The lowest BCUT2D eigenvalue weighted by molar-refractivity contribution is -0.141. The Bertz CT molecular complexity index is 1340. The van der Waals surface area contributed by atoms with Gasteiger partial charge < -0.3 is 15.1 Å². The van der Waals surface area contributed by atoms with Gasteiger partial charge in [0.15, 0.2) is 0 Å². The molecule has 3 amide bonds. The number of carbonyl (C=O) groups excluding carboxylic acids is 3. The standard InChI is InChI=1S/C30H33Cl2N3O3/c1-3-5-16-33-29(37)25(4-2)35(19-20-14-15-23(31)24(32)18-20)27(36)13-8-17-34-26-12-7-10-21-9-6-11-22(28(21)26)30(34)38/h6-7,9-12,14-15,18,25H,3-5,8,13,16-17,19H2,1-2H3,(H,33,37)/t25-/m0/s1. The highest BCUT2D eigenvalue weighted by molar-refractivity contribution is 6.42. The largest absolute Gasteiger partial charge is 0.354 e. The van der Waals surface area contributed by atoms with Gasteiger partial charge in [-0.15, -0.1) is 0 Å². The lowest BCUT2D eigenvalue weighted by Gasteiger charge is -2.31. The summed E-state index contributed by atoms with van der Waals surface area (Å²) in [7, 11) is 0. The lowest BCUT2D eigenvalue weighted by Crippen LogP contribution is -2.49. The number of nitrogens with zero attached hydrogens (tertiary/aromatic N) is 2. The number of hydrogen-bond donors (Lipinski definition) is 1. The first kappa shape index (κ1) is 27.9. The van der Waals surface area contributed by atoms with Crippen LogP contribution in [0.4, 0.5) is 5.69 Å². The van der Waals surface area contributed by atoms with Crippen molar-refractivity contribution in [2.45, 2.75) is 58.5 Å².